The first kappa shape index (κ1) is 17.3. The third-order valence-electron chi connectivity index (χ3n) is 3.33. The lowest BCUT2D eigenvalue weighted by Crippen LogP contribution is -2.22. The van der Waals surface area contributed by atoms with Gasteiger partial charge in [-0.05, 0) is 36.4 Å². The number of hydrogen-bond donors (Lipinski definition) is 1. The van der Waals surface area contributed by atoms with Crippen LogP contribution in [0.15, 0.2) is 59.1 Å². The van der Waals surface area contributed by atoms with Crippen molar-refractivity contribution < 1.29 is 13.9 Å². The minimum Gasteiger partial charge on any atom is -0.484 e. The molecule has 2 heterocycles. The van der Waals surface area contributed by atoms with Crippen LogP contribution in [0, 0.1) is 0 Å². The maximum absolute atomic E-state index is 12.1. The molecule has 128 valence electrons. The van der Waals surface area contributed by atoms with E-state index >= 15 is 0 Å². The molecule has 3 rings (SSSR count). The number of nitrogens with one attached hydrogen (secondary N) is 1. The summed E-state index contributed by atoms with van der Waals surface area (Å²) in [5.74, 6) is 0.829. The van der Waals surface area contributed by atoms with E-state index in [0.29, 0.717) is 28.1 Å². The van der Waals surface area contributed by atoms with Crippen molar-refractivity contribution in [3.05, 3.63) is 82.0 Å². The van der Waals surface area contributed by atoms with E-state index < -0.39 is 0 Å². The number of carbonyl (C=O) groups excluding carboxylic acids is 1. The SMILES string of the molecule is O=C(NCc1ccccn1)c1ccc(COc2cccc(Cl)c2Cl)o1. The molecule has 0 aliphatic rings. The second kappa shape index (κ2) is 8.05. The number of ether oxygens (including phenoxy) is 1. The fraction of sp³-hybridized carbons (Fsp3) is 0.111. The van der Waals surface area contributed by atoms with Crippen molar-refractivity contribution in [1.82, 2.24) is 10.3 Å². The summed E-state index contributed by atoms with van der Waals surface area (Å²) >= 11 is 12.0. The molecule has 1 N–H and O–H groups in total. The average Bonchev–Trinajstić information content (AvgIpc) is 3.11. The summed E-state index contributed by atoms with van der Waals surface area (Å²) < 4.78 is 11.1. The quantitative estimate of drug-likeness (QED) is 0.688. The minimum atomic E-state index is -0.322. The molecule has 7 heteroatoms. The molecule has 0 bridgehead atoms. The van der Waals surface area contributed by atoms with Crippen LogP contribution in [0.4, 0.5) is 0 Å². The van der Waals surface area contributed by atoms with Crippen LogP contribution in [0.5, 0.6) is 5.75 Å². The number of hydrogen-bond acceptors (Lipinski definition) is 4. The topological polar surface area (TPSA) is 64.4 Å². The van der Waals surface area contributed by atoms with E-state index in [4.69, 9.17) is 32.4 Å². The van der Waals surface area contributed by atoms with Crippen molar-refractivity contribution in [3.8, 4) is 5.75 Å². The van der Waals surface area contributed by atoms with Crippen LogP contribution in [0.3, 0.4) is 0 Å². The van der Waals surface area contributed by atoms with Gasteiger partial charge in [0.05, 0.1) is 17.3 Å². The molecule has 3 aromatic rings. The molecule has 2 aromatic heterocycles. The number of rotatable bonds is 6. The van der Waals surface area contributed by atoms with Gasteiger partial charge in [-0.2, -0.15) is 0 Å². The Hall–Kier alpha value is -2.50. The lowest BCUT2D eigenvalue weighted by atomic mass is 10.3. The highest BCUT2D eigenvalue weighted by atomic mass is 35.5. The number of halogens is 2. The number of pyridine rings is 1. The summed E-state index contributed by atoms with van der Waals surface area (Å²) in [6.45, 7) is 0.456. The average molecular weight is 377 g/mol. The summed E-state index contributed by atoms with van der Waals surface area (Å²) in [5.41, 5.74) is 0.765. The Morgan fingerprint density at radius 1 is 1.12 bits per heavy atom. The van der Waals surface area contributed by atoms with E-state index in [1.807, 2.05) is 18.2 Å². The Morgan fingerprint density at radius 3 is 2.80 bits per heavy atom. The van der Waals surface area contributed by atoms with Crippen molar-refractivity contribution >= 4 is 29.1 Å². The molecule has 1 amide bonds. The molecular weight excluding hydrogens is 363 g/mol. The van der Waals surface area contributed by atoms with Gasteiger partial charge in [-0.1, -0.05) is 35.3 Å². The zero-order valence-corrected chi connectivity index (χ0v) is 14.6. The van der Waals surface area contributed by atoms with E-state index in [0.717, 1.165) is 5.69 Å². The molecular formula is C18H14Cl2N2O3. The van der Waals surface area contributed by atoms with Crippen molar-refractivity contribution in [2.24, 2.45) is 0 Å². The third kappa shape index (κ3) is 4.53. The van der Waals surface area contributed by atoms with Crippen LogP contribution < -0.4 is 10.1 Å². The van der Waals surface area contributed by atoms with Gasteiger partial charge < -0.3 is 14.5 Å². The van der Waals surface area contributed by atoms with E-state index in [9.17, 15) is 4.79 Å². The maximum atomic E-state index is 12.1. The van der Waals surface area contributed by atoms with Crippen molar-refractivity contribution in [1.29, 1.82) is 0 Å². The van der Waals surface area contributed by atoms with E-state index in [2.05, 4.69) is 10.3 Å². The molecule has 0 saturated carbocycles. The fourth-order valence-corrected chi connectivity index (χ4v) is 2.43. The van der Waals surface area contributed by atoms with E-state index in [1.54, 1.807) is 36.5 Å². The highest BCUT2D eigenvalue weighted by Crippen LogP contribution is 2.32. The summed E-state index contributed by atoms with van der Waals surface area (Å²) in [4.78, 5) is 16.2. The molecule has 1 aromatic carbocycles. The first-order chi connectivity index (χ1) is 12.1. The first-order valence-electron chi connectivity index (χ1n) is 7.47. The fourth-order valence-electron chi connectivity index (χ4n) is 2.08. The molecule has 5 nitrogen and oxygen atoms in total. The smallest absolute Gasteiger partial charge is 0.287 e. The van der Waals surface area contributed by atoms with E-state index in [-0.39, 0.29) is 18.3 Å². The van der Waals surface area contributed by atoms with E-state index in [1.165, 1.54) is 0 Å². The van der Waals surface area contributed by atoms with Gasteiger partial charge in [0, 0.05) is 6.20 Å². The molecule has 0 fully saturated rings. The second-order valence-electron chi connectivity index (χ2n) is 5.11. The number of nitrogens with zero attached hydrogens (tertiary/aromatic N) is 1. The molecule has 0 saturated heterocycles. The van der Waals surface area contributed by atoms with Crippen LogP contribution in [-0.4, -0.2) is 10.9 Å². The summed E-state index contributed by atoms with van der Waals surface area (Å²) in [6, 6.07) is 13.9. The van der Waals surface area contributed by atoms with Gasteiger partial charge in [-0.15, -0.1) is 0 Å². The molecule has 0 unspecified atom stereocenters. The van der Waals surface area contributed by atoms with Crippen LogP contribution in [0.2, 0.25) is 10.0 Å². The van der Waals surface area contributed by atoms with Gasteiger partial charge in [0.15, 0.2) is 5.76 Å². The Morgan fingerprint density at radius 2 is 2.00 bits per heavy atom. The van der Waals surface area contributed by atoms with Crippen molar-refractivity contribution in [2.45, 2.75) is 13.2 Å². The van der Waals surface area contributed by atoms with Crippen LogP contribution >= 0.6 is 23.2 Å². The van der Waals surface area contributed by atoms with Crippen molar-refractivity contribution in [3.63, 3.8) is 0 Å². The van der Waals surface area contributed by atoms with Crippen LogP contribution in [-0.2, 0) is 13.2 Å². The largest absolute Gasteiger partial charge is 0.484 e. The molecule has 0 radical (unpaired) electrons. The normalized spacial score (nSPS) is 10.5. The van der Waals surface area contributed by atoms with Gasteiger partial charge >= 0.3 is 0 Å². The summed E-state index contributed by atoms with van der Waals surface area (Å²) in [5, 5.41) is 3.49. The molecule has 0 aliphatic heterocycles. The van der Waals surface area contributed by atoms with Gasteiger partial charge in [0.1, 0.15) is 23.1 Å². The zero-order chi connectivity index (χ0) is 17.6. The second-order valence-corrected chi connectivity index (χ2v) is 5.90. The molecule has 25 heavy (non-hydrogen) atoms. The third-order valence-corrected chi connectivity index (χ3v) is 4.13. The number of benzene rings is 1. The summed E-state index contributed by atoms with van der Waals surface area (Å²) in [6.07, 6.45) is 1.67. The Bertz CT molecular complexity index is 866. The highest BCUT2D eigenvalue weighted by Gasteiger charge is 2.12. The number of furan rings is 1. The molecule has 0 spiro atoms. The Balaban J connectivity index is 1.56. The van der Waals surface area contributed by atoms with Gasteiger partial charge in [-0.25, -0.2) is 0 Å². The maximum Gasteiger partial charge on any atom is 0.287 e. The predicted molar refractivity (Wildman–Crippen MR) is 94.9 cm³/mol. The van der Waals surface area contributed by atoms with Gasteiger partial charge in [0.25, 0.3) is 5.91 Å². The number of aromatic nitrogens is 1. The Kier molecular flexibility index (Phi) is 5.58. The van der Waals surface area contributed by atoms with Crippen LogP contribution in [0.1, 0.15) is 22.0 Å². The minimum absolute atomic E-state index is 0.133. The van der Waals surface area contributed by atoms with Gasteiger partial charge in [-0.3, -0.25) is 9.78 Å². The zero-order valence-electron chi connectivity index (χ0n) is 13.0. The number of carbonyl (C=O) groups is 1. The first-order valence-corrected chi connectivity index (χ1v) is 8.22. The van der Waals surface area contributed by atoms with Crippen LogP contribution in [0.25, 0.3) is 0 Å². The lowest BCUT2D eigenvalue weighted by molar-refractivity contribution is 0.0918. The standard InChI is InChI=1S/C18H14Cl2N2O3/c19-14-5-3-6-15(17(14)20)24-11-13-7-8-16(25-13)18(23)22-10-12-4-1-2-9-21-12/h1-9H,10-11H2,(H,22,23). The molecule has 0 aliphatic carbocycles. The highest BCUT2D eigenvalue weighted by molar-refractivity contribution is 6.42. The monoisotopic (exact) mass is 376 g/mol. The van der Waals surface area contributed by atoms with Gasteiger partial charge in [0.2, 0.25) is 0 Å². The lowest BCUT2D eigenvalue weighted by Gasteiger charge is -2.07. The van der Waals surface area contributed by atoms with Crippen molar-refractivity contribution in [2.75, 3.05) is 0 Å². The number of amides is 1. The molecule has 0 atom stereocenters. The predicted octanol–water partition coefficient (Wildman–Crippen LogP) is 4.49. The summed E-state index contributed by atoms with van der Waals surface area (Å²) in [7, 11) is 0. The Labute approximate surface area is 154 Å².